The number of benzene rings is 1. The Morgan fingerprint density at radius 1 is 1.30 bits per heavy atom. The minimum atomic E-state index is -0.0615. The van der Waals surface area contributed by atoms with Crippen LogP contribution in [0, 0.1) is 6.92 Å². The van der Waals surface area contributed by atoms with Crippen LogP contribution in [-0.4, -0.2) is 49.8 Å². The van der Waals surface area contributed by atoms with Crippen LogP contribution >= 0.6 is 0 Å². The predicted octanol–water partition coefficient (Wildman–Crippen LogP) is 0.841. The van der Waals surface area contributed by atoms with Crippen molar-refractivity contribution >= 4 is 5.91 Å². The topological polar surface area (TPSA) is 50.8 Å². The molecule has 5 nitrogen and oxygen atoms in total. The molecule has 20 heavy (non-hydrogen) atoms. The lowest BCUT2D eigenvalue weighted by Crippen LogP contribution is -2.42. The van der Waals surface area contributed by atoms with Gasteiger partial charge in [-0.25, -0.2) is 0 Å². The first-order chi connectivity index (χ1) is 9.74. The Labute approximate surface area is 118 Å². The minimum absolute atomic E-state index is 0.0273. The van der Waals surface area contributed by atoms with Gasteiger partial charge >= 0.3 is 0 Å². The van der Waals surface area contributed by atoms with Crippen molar-refractivity contribution in [3.8, 4) is 0 Å². The van der Waals surface area contributed by atoms with Gasteiger partial charge in [0.2, 0.25) is 5.91 Å². The van der Waals surface area contributed by atoms with Crippen molar-refractivity contribution in [2.45, 2.75) is 19.2 Å². The van der Waals surface area contributed by atoms with Crippen LogP contribution in [0.15, 0.2) is 24.3 Å². The average molecular weight is 276 g/mol. The third-order valence-corrected chi connectivity index (χ3v) is 3.76. The quantitative estimate of drug-likeness (QED) is 0.889. The molecule has 0 aromatic heterocycles. The molecule has 1 aromatic carbocycles. The van der Waals surface area contributed by atoms with Gasteiger partial charge in [-0.2, -0.15) is 0 Å². The van der Waals surface area contributed by atoms with E-state index in [0.717, 1.165) is 5.56 Å². The van der Waals surface area contributed by atoms with Gasteiger partial charge in [0.15, 0.2) is 0 Å². The number of hydrogen-bond acceptors (Lipinski definition) is 4. The first-order valence-electron chi connectivity index (χ1n) is 7.03. The first-order valence-corrected chi connectivity index (χ1v) is 7.03. The van der Waals surface area contributed by atoms with Crippen molar-refractivity contribution < 1.29 is 14.3 Å². The molecule has 1 aromatic rings. The molecule has 2 heterocycles. The van der Waals surface area contributed by atoms with Crippen molar-refractivity contribution in [2.75, 3.05) is 32.9 Å². The fraction of sp³-hybridized carbons (Fsp3) is 0.533. The summed E-state index contributed by atoms with van der Waals surface area (Å²) in [5, 5.41) is 3.26. The fourth-order valence-electron chi connectivity index (χ4n) is 2.65. The lowest BCUT2D eigenvalue weighted by molar-refractivity contribution is -0.135. The number of nitrogens with one attached hydrogen (secondary N) is 1. The maximum absolute atomic E-state index is 12.1. The van der Waals surface area contributed by atoms with Crippen LogP contribution < -0.4 is 5.32 Å². The molecule has 5 heteroatoms. The number of carbonyl (C=O) groups is 1. The third-order valence-electron chi connectivity index (χ3n) is 3.76. The molecule has 2 fully saturated rings. The van der Waals surface area contributed by atoms with Crippen LogP contribution in [0.1, 0.15) is 17.3 Å². The normalized spacial score (nSPS) is 27.1. The number of amides is 1. The number of hydrogen-bond donors (Lipinski definition) is 1. The SMILES string of the molecule is Cc1ccc(C2NCC(=O)N2CC2COCCO2)cc1. The summed E-state index contributed by atoms with van der Waals surface area (Å²) in [5.74, 6) is 0.116. The first kappa shape index (κ1) is 13.5. The Morgan fingerprint density at radius 3 is 2.80 bits per heavy atom. The predicted molar refractivity (Wildman–Crippen MR) is 74.2 cm³/mol. The third kappa shape index (κ3) is 2.85. The molecular weight excluding hydrogens is 256 g/mol. The van der Waals surface area contributed by atoms with Crippen molar-refractivity contribution in [2.24, 2.45) is 0 Å². The molecule has 1 N–H and O–H groups in total. The highest BCUT2D eigenvalue weighted by atomic mass is 16.6. The summed E-state index contributed by atoms with van der Waals surface area (Å²) < 4.78 is 11.0. The van der Waals surface area contributed by atoms with E-state index in [-0.39, 0.29) is 18.2 Å². The standard InChI is InChI=1S/C15H20N2O3/c1-11-2-4-12(5-3-11)15-16-8-14(18)17(15)9-13-10-19-6-7-20-13/h2-5,13,15-16H,6-10H2,1H3. The molecule has 2 atom stereocenters. The molecule has 0 aliphatic carbocycles. The summed E-state index contributed by atoms with van der Waals surface area (Å²) in [7, 11) is 0. The highest BCUT2D eigenvalue weighted by Gasteiger charge is 2.33. The lowest BCUT2D eigenvalue weighted by Gasteiger charge is -2.31. The van der Waals surface area contributed by atoms with Gasteiger partial charge in [0.1, 0.15) is 6.17 Å². The number of rotatable bonds is 3. The number of carbonyl (C=O) groups excluding carboxylic acids is 1. The zero-order valence-electron chi connectivity index (χ0n) is 11.7. The summed E-state index contributed by atoms with van der Waals surface area (Å²) in [6.45, 7) is 4.82. The lowest BCUT2D eigenvalue weighted by atomic mass is 10.1. The van der Waals surface area contributed by atoms with Crippen molar-refractivity contribution in [3.63, 3.8) is 0 Å². The van der Waals surface area contributed by atoms with Gasteiger partial charge in [0, 0.05) is 0 Å². The molecule has 2 saturated heterocycles. The zero-order chi connectivity index (χ0) is 13.9. The van der Waals surface area contributed by atoms with Crippen LogP contribution in [-0.2, 0) is 14.3 Å². The summed E-state index contributed by atoms with van der Waals surface area (Å²) in [4.78, 5) is 13.9. The number of ether oxygens (including phenoxy) is 2. The van der Waals surface area contributed by atoms with E-state index in [9.17, 15) is 4.79 Å². The van der Waals surface area contributed by atoms with E-state index in [1.54, 1.807) is 0 Å². The van der Waals surface area contributed by atoms with Crippen molar-refractivity contribution in [3.05, 3.63) is 35.4 Å². The number of nitrogens with zero attached hydrogens (tertiary/aromatic N) is 1. The van der Waals surface area contributed by atoms with E-state index < -0.39 is 0 Å². The highest BCUT2D eigenvalue weighted by Crippen LogP contribution is 2.23. The average Bonchev–Trinajstić information content (AvgIpc) is 2.83. The molecule has 2 unspecified atom stereocenters. The van der Waals surface area contributed by atoms with Crippen molar-refractivity contribution in [1.29, 1.82) is 0 Å². The van der Waals surface area contributed by atoms with Gasteiger partial charge in [-0.05, 0) is 12.5 Å². The second kappa shape index (κ2) is 5.91. The van der Waals surface area contributed by atoms with Crippen LogP contribution in [0.3, 0.4) is 0 Å². The van der Waals surface area contributed by atoms with E-state index in [1.165, 1.54) is 5.56 Å². The smallest absolute Gasteiger partial charge is 0.238 e. The van der Waals surface area contributed by atoms with Gasteiger partial charge < -0.3 is 14.4 Å². The van der Waals surface area contributed by atoms with Crippen LogP contribution in [0.5, 0.6) is 0 Å². The fourth-order valence-corrected chi connectivity index (χ4v) is 2.65. The second-order valence-corrected chi connectivity index (χ2v) is 5.31. The van der Waals surface area contributed by atoms with Gasteiger partial charge in [0.05, 0.1) is 39.0 Å². The summed E-state index contributed by atoms with van der Waals surface area (Å²) in [6, 6.07) is 8.27. The van der Waals surface area contributed by atoms with Gasteiger partial charge in [-0.15, -0.1) is 0 Å². The summed E-state index contributed by atoms with van der Waals surface area (Å²) in [5.41, 5.74) is 2.33. The Kier molecular flexibility index (Phi) is 4.00. The monoisotopic (exact) mass is 276 g/mol. The van der Waals surface area contributed by atoms with E-state index in [0.29, 0.717) is 32.9 Å². The molecular formula is C15H20N2O3. The second-order valence-electron chi connectivity index (χ2n) is 5.31. The largest absolute Gasteiger partial charge is 0.376 e. The maximum Gasteiger partial charge on any atom is 0.238 e. The molecule has 0 saturated carbocycles. The van der Waals surface area contributed by atoms with Gasteiger partial charge in [0.25, 0.3) is 0 Å². The van der Waals surface area contributed by atoms with E-state index in [1.807, 2.05) is 4.90 Å². The maximum atomic E-state index is 12.1. The Balaban J connectivity index is 1.72. The zero-order valence-corrected chi connectivity index (χ0v) is 11.7. The summed E-state index contributed by atoms with van der Waals surface area (Å²) in [6.07, 6.45) is -0.0887. The van der Waals surface area contributed by atoms with Crippen LogP contribution in [0.4, 0.5) is 0 Å². The Morgan fingerprint density at radius 2 is 2.10 bits per heavy atom. The molecule has 108 valence electrons. The van der Waals surface area contributed by atoms with Crippen LogP contribution in [0.25, 0.3) is 0 Å². The highest BCUT2D eigenvalue weighted by molar-refractivity contribution is 5.81. The molecule has 2 aliphatic heterocycles. The van der Waals surface area contributed by atoms with Gasteiger partial charge in [-0.3, -0.25) is 10.1 Å². The molecule has 0 bridgehead atoms. The molecule has 3 rings (SSSR count). The van der Waals surface area contributed by atoms with Crippen molar-refractivity contribution in [1.82, 2.24) is 10.2 Å². The minimum Gasteiger partial charge on any atom is -0.376 e. The summed E-state index contributed by atoms with van der Waals surface area (Å²) >= 11 is 0. The van der Waals surface area contributed by atoms with Crippen LogP contribution in [0.2, 0.25) is 0 Å². The molecule has 1 amide bonds. The number of aryl methyl sites for hydroxylation is 1. The van der Waals surface area contributed by atoms with E-state index in [4.69, 9.17) is 9.47 Å². The molecule has 0 spiro atoms. The van der Waals surface area contributed by atoms with E-state index >= 15 is 0 Å². The molecule has 2 aliphatic rings. The van der Waals surface area contributed by atoms with Gasteiger partial charge in [-0.1, -0.05) is 29.8 Å². The Hall–Kier alpha value is -1.43. The Bertz CT molecular complexity index is 469. The van der Waals surface area contributed by atoms with E-state index in [2.05, 4.69) is 36.5 Å². The molecule has 0 radical (unpaired) electrons.